The van der Waals surface area contributed by atoms with Crippen LogP contribution in [0.25, 0.3) is 38.8 Å². The van der Waals surface area contributed by atoms with Gasteiger partial charge in [0.15, 0.2) is 0 Å². The molecule has 0 fully saturated rings. The maximum atomic E-state index is 6.77. The molecule has 2 aromatic heterocycles. The second kappa shape index (κ2) is 13.9. The maximum absolute atomic E-state index is 6.77. The number of ether oxygens (including phenoxy) is 1. The number of aryl methyl sites for hydroxylation is 3. The van der Waals surface area contributed by atoms with Crippen molar-refractivity contribution in [3.05, 3.63) is 167 Å². The molecule has 58 heavy (non-hydrogen) atoms. The van der Waals surface area contributed by atoms with Crippen molar-refractivity contribution in [3.8, 4) is 28.4 Å². The number of rotatable bonds is 6. The number of hydrogen-bond acceptors (Lipinski definition) is 4. The molecule has 9 rings (SSSR count). The first-order valence-corrected chi connectivity index (χ1v) is 20.4. The van der Waals surface area contributed by atoms with Gasteiger partial charge in [-0.05, 0) is 132 Å². The molecule has 8 aromatic rings. The molecule has 0 saturated heterocycles. The van der Waals surface area contributed by atoms with Crippen molar-refractivity contribution < 1.29 is 4.74 Å². The number of pyridine rings is 1. The van der Waals surface area contributed by atoms with Crippen molar-refractivity contribution in [2.24, 2.45) is 0 Å². The van der Waals surface area contributed by atoms with Crippen molar-refractivity contribution in [1.29, 1.82) is 0 Å². The Morgan fingerprint density at radius 1 is 0.534 bits per heavy atom. The van der Waals surface area contributed by atoms with Gasteiger partial charge in [0.2, 0.25) is 0 Å². The van der Waals surface area contributed by atoms with Gasteiger partial charge in [0.25, 0.3) is 0 Å². The van der Waals surface area contributed by atoms with Gasteiger partial charge in [-0.2, -0.15) is 0 Å². The minimum absolute atomic E-state index is 0.0274. The Morgan fingerprint density at radius 3 is 1.79 bits per heavy atom. The molecule has 5 nitrogen and oxygen atoms in total. The summed E-state index contributed by atoms with van der Waals surface area (Å²) < 4.78 is 9.08. The molecule has 1 aliphatic heterocycles. The third-order valence-electron chi connectivity index (χ3n) is 11.7. The molecule has 0 N–H and O–H groups in total. The quantitative estimate of drug-likeness (QED) is 0.169. The minimum atomic E-state index is -0.0274. The van der Waals surface area contributed by atoms with E-state index in [4.69, 9.17) is 9.72 Å². The molecular formula is C53H52N4O. The van der Waals surface area contributed by atoms with Gasteiger partial charge < -0.3 is 14.5 Å². The van der Waals surface area contributed by atoms with Gasteiger partial charge in [-0.1, -0.05) is 102 Å². The van der Waals surface area contributed by atoms with Crippen LogP contribution in [0.4, 0.5) is 22.7 Å². The number of hydrogen-bond donors (Lipinski definition) is 0. The van der Waals surface area contributed by atoms with Crippen molar-refractivity contribution in [2.45, 2.75) is 73.1 Å². The van der Waals surface area contributed by atoms with E-state index in [1.54, 1.807) is 0 Å². The molecule has 0 bridgehead atoms. The first-order valence-electron chi connectivity index (χ1n) is 20.4. The van der Waals surface area contributed by atoms with Gasteiger partial charge in [-0.15, -0.1) is 0 Å². The third kappa shape index (κ3) is 6.68. The zero-order valence-electron chi connectivity index (χ0n) is 35.2. The lowest BCUT2D eigenvalue weighted by molar-refractivity contribution is 0.483. The Morgan fingerprint density at radius 2 is 1.12 bits per heavy atom. The fourth-order valence-electron chi connectivity index (χ4n) is 8.75. The van der Waals surface area contributed by atoms with Crippen molar-refractivity contribution in [2.75, 3.05) is 16.5 Å². The van der Waals surface area contributed by atoms with Crippen LogP contribution in [-0.2, 0) is 10.8 Å². The van der Waals surface area contributed by atoms with E-state index in [-0.39, 0.29) is 10.8 Å². The van der Waals surface area contributed by atoms with Gasteiger partial charge in [-0.25, -0.2) is 4.98 Å². The average Bonchev–Trinajstić information content (AvgIpc) is 3.73. The molecule has 6 aromatic carbocycles. The van der Waals surface area contributed by atoms with Crippen LogP contribution in [-0.4, -0.2) is 16.2 Å². The van der Waals surface area contributed by atoms with Gasteiger partial charge in [0.1, 0.15) is 24.0 Å². The van der Waals surface area contributed by atoms with Crippen LogP contribution in [0, 0.1) is 20.8 Å². The van der Waals surface area contributed by atoms with E-state index in [1.165, 1.54) is 61.4 Å². The highest BCUT2D eigenvalue weighted by atomic mass is 16.5. The summed E-state index contributed by atoms with van der Waals surface area (Å²) >= 11 is 0. The van der Waals surface area contributed by atoms with Crippen LogP contribution >= 0.6 is 0 Å². The number of nitrogens with zero attached hydrogens (tertiary/aromatic N) is 4. The Balaban J connectivity index is 1.11. The fraction of sp³-hybridized carbons (Fsp3) is 0.226. The maximum Gasteiger partial charge on any atom is 0.137 e. The molecule has 0 amide bonds. The minimum Gasteiger partial charge on any atom is -0.457 e. The molecule has 0 spiro atoms. The van der Waals surface area contributed by atoms with Crippen molar-refractivity contribution in [1.82, 2.24) is 9.55 Å². The average molecular weight is 761 g/mol. The summed E-state index contributed by atoms with van der Waals surface area (Å²) in [5.74, 6) is 2.45. The van der Waals surface area contributed by atoms with Gasteiger partial charge in [-0.3, -0.25) is 4.57 Å². The highest BCUT2D eigenvalue weighted by molar-refractivity contribution is 6.10. The van der Waals surface area contributed by atoms with Crippen LogP contribution in [0.3, 0.4) is 0 Å². The standard InChI is InChI=1S/C53H52N4O/c1-34-26-35(2)51(36(3)27-34)37-20-22-44-45-23-21-43(32-49(45)57(48(44)28-37)50-30-39(24-25-54-50)53(7,8)9)58-42-17-13-16-41(31-42)56-33-55(46-18-10-11-19-47(46)56)40-15-12-14-38(29-40)52(4,5)6/h10-32H,33H2,1-9H3. The summed E-state index contributed by atoms with van der Waals surface area (Å²) in [6.07, 6.45) is 1.94. The van der Waals surface area contributed by atoms with Crippen LogP contribution in [0.5, 0.6) is 11.5 Å². The summed E-state index contributed by atoms with van der Waals surface area (Å²) in [4.78, 5) is 9.76. The number of aromatic nitrogens is 2. The Bertz CT molecular complexity index is 2850. The van der Waals surface area contributed by atoms with Crippen molar-refractivity contribution in [3.63, 3.8) is 0 Å². The second-order valence-electron chi connectivity index (χ2n) is 18.1. The predicted molar refractivity (Wildman–Crippen MR) is 244 cm³/mol. The van der Waals surface area contributed by atoms with Gasteiger partial charge >= 0.3 is 0 Å². The Labute approximate surface area is 343 Å². The predicted octanol–water partition coefficient (Wildman–Crippen LogP) is 14.4. The molecule has 0 aliphatic carbocycles. The van der Waals surface area contributed by atoms with E-state index in [0.717, 1.165) is 39.4 Å². The summed E-state index contributed by atoms with van der Waals surface area (Å²) in [5.41, 5.74) is 15.7. The normalized spacial score (nSPS) is 13.1. The molecule has 290 valence electrons. The zero-order chi connectivity index (χ0) is 40.5. The Kier molecular flexibility index (Phi) is 8.96. The number of para-hydroxylation sites is 2. The largest absolute Gasteiger partial charge is 0.457 e. The van der Waals surface area contributed by atoms with E-state index in [0.29, 0.717) is 6.67 Å². The molecule has 3 heterocycles. The first kappa shape index (κ1) is 37.3. The lowest BCUT2D eigenvalue weighted by atomic mass is 9.87. The summed E-state index contributed by atoms with van der Waals surface area (Å²) in [6.45, 7) is 20.9. The zero-order valence-corrected chi connectivity index (χ0v) is 35.2. The molecule has 0 atom stereocenters. The van der Waals surface area contributed by atoms with E-state index in [2.05, 4.69) is 204 Å². The summed E-state index contributed by atoms with van der Waals surface area (Å²) in [7, 11) is 0. The molecule has 1 aliphatic rings. The van der Waals surface area contributed by atoms with Crippen LogP contribution < -0.4 is 14.5 Å². The lowest BCUT2D eigenvalue weighted by Gasteiger charge is -2.25. The second-order valence-corrected chi connectivity index (χ2v) is 18.1. The molecular weight excluding hydrogens is 709 g/mol. The smallest absolute Gasteiger partial charge is 0.137 e. The van der Waals surface area contributed by atoms with Gasteiger partial charge in [0, 0.05) is 40.5 Å². The van der Waals surface area contributed by atoms with Crippen LogP contribution in [0.1, 0.15) is 69.4 Å². The monoisotopic (exact) mass is 760 g/mol. The lowest BCUT2D eigenvalue weighted by Crippen LogP contribution is -2.24. The third-order valence-corrected chi connectivity index (χ3v) is 11.7. The highest BCUT2D eigenvalue weighted by Crippen LogP contribution is 2.46. The fourth-order valence-corrected chi connectivity index (χ4v) is 8.75. The number of anilines is 4. The number of benzene rings is 6. The topological polar surface area (TPSA) is 33.5 Å². The van der Waals surface area contributed by atoms with E-state index in [9.17, 15) is 0 Å². The summed E-state index contributed by atoms with van der Waals surface area (Å²) in [5, 5.41) is 2.34. The Hall–Kier alpha value is -6.33. The molecule has 0 saturated carbocycles. The van der Waals surface area contributed by atoms with E-state index >= 15 is 0 Å². The summed E-state index contributed by atoms with van der Waals surface area (Å²) in [6, 6.07) is 48.3. The number of fused-ring (bicyclic) bond motifs is 4. The molecule has 0 radical (unpaired) electrons. The van der Waals surface area contributed by atoms with Crippen LogP contribution in [0.2, 0.25) is 0 Å². The van der Waals surface area contributed by atoms with E-state index in [1.807, 2.05) is 12.3 Å². The van der Waals surface area contributed by atoms with Gasteiger partial charge in [0.05, 0.1) is 22.4 Å². The van der Waals surface area contributed by atoms with Crippen molar-refractivity contribution >= 4 is 44.6 Å². The highest BCUT2D eigenvalue weighted by Gasteiger charge is 2.29. The van der Waals surface area contributed by atoms with Crippen LogP contribution in [0.15, 0.2) is 140 Å². The molecule has 0 unspecified atom stereocenters. The first-order chi connectivity index (χ1) is 27.7. The molecule has 5 heteroatoms. The SMILES string of the molecule is Cc1cc(C)c(-c2ccc3c4ccc(Oc5cccc(N6CN(c7cccc(C(C)(C)C)c7)c7ccccc76)c5)cc4n(-c4cc(C(C)(C)C)ccn4)c3c2)c(C)c1. The van der Waals surface area contributed by atoms with E-state index < -0.39 is 0 Å².